The van der Waals surface area contributed by atoms with E-state index in [9.17, 15) is 0 Å². The molecule has 0 radical (unpaired) electrons. The summed E-state index contributed by atoms with van der Waals surface area (Å²) in [6.45, 7) is 8.20. The molecule has 0 aromatic carbocycles. The third kappa shape index (κ3) is 3.01. The summed E-state index contributed by atoms with van der Waals surface area (Å²) in [7, 11) is 1.87. The number of nitrogens with zero attached hydrogens (tertiary/aromatic N) is 1. The molecule has 1 saturated heterocycles. The van der Waals surface area contributed by atoms with Gasteiger partial charge in [0.1, 0.15) is 0 Å². The summed E-state index contributed by atoms with van der Waals surface area (Å²) >= 11 is 0. The van der Waals surface area contributed by atoms with Crippen LogP contribution in [0.2, 0.25) is 0 Å². The largest absolute Gasteiger partial charge is 0.380 e. The standard InChI is InChI=1S/C14H28N2O/c1-4-11(2)12-10-16(9-8-15-12)13-6-5-7-14(13)17-3/h11-15H,4-10H2,1-3H3. The molecule has 1 heterocycles. The summed E-state index contributed by atoms with van der Waals surface area (Å²) < 4.78 is 5.64. The Balaban J connectivity index is 1.92. The summed E-state index contributed by atoms with van der Waals surface area (Å²) in [5.74, 6) is 0.778. The third-order valence-electron chi connectivity index (χ3n) is 4.76. The number of piperazine rings is 1. The molecule has 0 spiro atoms. The second-order valence-corrected chi connectivity index (χ2v) is 5.71. The van der Waals surface area contributed by atoms with Crippen molar-refractivity contribution in [3.05, 3.63) is 0 Å². The molecule has 1 aliphatic carbocycles. The maximum absolute atomic E-state index is 5.64. The minimum absolute atomic E-state index is 0.477. The number of ether oxygens (including phenoxy) is 1. The Hall–Kier alpha value is -0.120. The van der Waals surface area contributed by atoms with Crippen molar-refractivity contribution >= 4 is 0 Å². The zero-order valence-electron chi connectivity index (χ0n) is 11.6. The Labute approximate surface area is 106 Å². The third-order valence-corrected chi connectivity index (χ3v) is 4.76. The van der Waals surface area contributed by atoms with E-state index in [1.54, 1.807) is 0 Å². The Morgan fingerprint density at radius 3 is 2.94 bits per heavy atom. The highest BCUT2D eigenvalue weighted by molar-refractivity contribution is 4.91. The smallest absolute Gasteiger partial charge is 0.0726 e. The van der Waals surface area contributed by atoms with Crippen molar-refractivity contribution in [1.82, 2.24) is 10.2 Å². The molecule has 1 N–H and O–H groups in total. The van der Waals surface area contributed by atoms with Gasteiger partial charge in [0.25, 0.3) is 0 Å². The lowest BCUT2D eigenvalue weighted by Crippen LogP contribution is -2.57. The van der Waals surface area contributed by atoms with Crippen LogP contribution in [0.5, 0.6) is 0 Å². The zero-order chi connectivity index (χ0) is 12.3. The molecule has 3 heteroatoms. The van der Waals surface area contributed by atoms with Gasteiger partial charge in [0.2, 0.25) is 0 Å². The van der Waals surface area contributed by atoms with Crippen molar-refractivity contribution in [1.29, 1.82) is 0 Å². The molecule has 1 aliphatic heterocycles. The Morgan fingerprint density at radius 1 is 1.41 bits per heavy atom. The van der Waals surface area contributed by atoms with Gasteiger partial charge in [-0.15, -0.1) is 0 Å². The summed E-state index contributed by atoms with van der Waals surface area (Å²) in [6, 6.07) is 1.35. The fourth-order valence-corrected chi connectivity index (χ4v) is 3.37. The van der Waals surface area contributed by atoms with Gasteiger partial charge in [0.05, 0.1) is 6.10 Å². The van der Waals surface area contributed by atoms with Gasteiger partial charge in [-0.05, 0) is 25.2 Å². The minimum atomic E-state index is 0.477. The molecule has 3 nitrogen and oxygen atoms in total. The zero-order valence-corrected chi connectivity index (χ0v) is 11.6. The predicted octanol–water partition coefficient (Wildman–Crippen LogP) is 1.87. The minimum Gasteiger partial charge on any atom is -0.380 e. The van der Waals surface area contributed by atoms with Crippen LogP contribution in [0.4, 0.5) is 0 Å². The topological polar surface area (TPSA) is 24.5 Å². The number of methoxy groups -OCH3 is 1. The van der Waals surface area contributed by atoms with Crippen LogP contribution < -0.4 is 5.32 Å². The highest BCUT2D eigenvalue weighted by Gasteiger charge is 2.35. The molecule has 0 amide bonds. The van der Waals surface area contributed by atoms with E-state index in [2.05, 4.69) is 24.1 Å². The molecule has 0 bridgehead atoms. The highest BCUT2D eigenvalue weighted by atomic mass is 16.5. The van der Waals surface area contributed by atoms with Crippen LogP contribution in [0, 0.1) is 5.92 Å². The Kier molecular flexibility index (Phi) is 4.83. The quantitative estimate of drug-likeness (QED) is 0.812. The molecule has 100 valence electrons. The van der Waals surface area contributed by atoms with E-state index >= 15 is 0 Å². The van der Waals surface area contributed by atoms with E-state index in [1.165, 1.54) is 38.8 Å². The van der Waals surface area contributed by atoms with Crippen molar-refractivity contribution in [3.63, 3.8) is 0 Å². The van der Waals surface area contributed by atoms with E-state index in [1.807, 2.05) is 7.11 Å². The summed E-state index contributed by atoms with van der Waals surface area (Å²) in [4.78, 5) is 2.68. The van der Waals surface area contributed by atoms with Gasteiger partial charge in [0.15, 0.2) is 0 Å². The van der Waals surface area contributed by atoms with Gasteiger partial charge in [-0.2, -0.15) is 0 Å². The fraction of sp³-hybridized carbons (Fsp3) is 1.00. The van der Waals surface area contributed by atoms with Gasteiger partial charge in [-0.3, -0.25) is 4.90 Å². The van der Waals surface area contributed by atoms with E-state index in [-0.39, 0.29) is 0 Å². The number of hydrogen-bond acceptors (Lipinski definition) is 3. The van der Waals surface area contributed by atoms with E-state index in [0.29, 0.717) is 18.2 Å². The summed E-state index contributed by atoms with van der Waals surface area (Å²) in [5, 5.41) is 3.67. The molecule has 0 aromatic rings. The van der Waals surface area contributed by atoms with Crippen LogP contribution in [-0.4, -0.2) is 49.8 Å². The Morgan fingerprint density at radius 2 is 2.24 bits per heavy atom. The molecule has 1 saturated carbocycles. The van der Waals surface area contributed by atoms with Crippen LogP contribution in [0.15, 0.2) is 0 Å². The lowest BCUT2D eigenvalue weighted by Gasteiger charge is -2.41. The maximum atomic E-state index is 5.64. The van der Waals surface area contributed by atoms with Crippen LogP contribution in [0.25, 0.3) is 0 Å². The number of nitrogens with one attached hydrogen (secondary N) is 1. The normalized spacial score (nSPS) is 37.2. The van der Waals surface area contributed by atoms with E-state index in [0.717, 1.165) is 12.5 Å². The molecule has 2 fully saturated rings. The highest BCUT2D eigenvalue weighted by Crippen LogP contribution is 2.27. The first kappa shape index (κ1) is 13.3. The van der Waals surface area contributed by atoms with Crippen molar-refractivity contribution < 1.29 is 4.74 Å². The lowest BCUT2D eigenvalue weighted by atomic mass is 9.96. The van der Waals surface area contributed by atoms with E-state index < -0.39 is 0 Å². The van der Waals surface area contributed by atoms with Crippen LogP contribution in [0.1, 0.15) is 39.5 Å². The number of rotatable bonds is 4. The van der Waals surface area contributed by atoms with Crippen molar-refractivity contribution in [3.8, 4) is 0 Å². The molecular weight excluding hydrogens is 212 g/mol. The molecule has 2 rings (SSSR count). The fourth-order valence-electron chi connectivity index (χ4n) is 3.37. The second-order valence-electron chi connectivity index (χ2n) is 5.71. The van der Waals surface area contributed by atoms with Gasteiger partial charge in [0, 0.05) is 38.8 Å². The molecule has 2 aliphatic rings. The second kappa shape index (κ2) is 6.17. The average Bonchev–Trinajstić information content (AvgIpc) is 2.86. The van der Waals surface area contributed by atoms with Crippen molar-refractivity contribution in [2.45, 2.75) is 57.7 Å². The molecule has 4 atom stereocenters. The van der Waals surface area contributed by atoms with Crippen LogP contribution in [-0.2, 0) is 4.74 Å². The van der Waals surface area contributed by atoms with Crippen molar-refractivity contribution in [2.75, 3.05) is 26.7 Å². The summed E-state index contributed by atoms with van der Waals surface area (Å²) in [6.07, 6.45) is 5.65. The van der Waals surface area contributed by atoms with Gasteiger partial charge in [-0.25, -0.2) is 0 Å². The summed E-state index contributed by atoms with van der Waals surface area (Å²) in [5.41, 5.74) is 0. The molecule has 17 heavy (non-hydrogen) atoms. The molecule has 0 aromatic heterocycles. The maximum Gasteiger partial charge on any atom is 0.0726 e. The predicted molar refractivity (Wildman–Crippen MR) is 71.3 cm³/mol. The molecule has 4 unspecified atom stereocenters. The average molecular weight is 240 g/mol. The first-order valence-corrected chi connectivity index (χ1v) is 7.26. The van der Waals surface area contributed by atoms with E-state index in [4.69, 9.17) is 4.74 Å². The van der Waals surface area contributed by atoms with Crippen LogP contribution in [0.3, 0.4) is 0 Å². The van der Waals surface area contributed by atoms with Crippen molar-refractivity contribution in [2.24, 2.45) is 5.92 Å². The first-order valence-electron chi connectivity index (χ1n) is 7.26. The SMILES string of the molecule is CCC(C)C1CN(C2CCCC2OC)CCN1. The lowest BCUT2D eigenvalue weighted by molar-refractivity contribution is 0.0167. The number of hydrogen-bond donors (Lipinski definition) is 1. The van der Waals surface area contributed by atoms with Gasteiger partial charge >= 0.3 is 0 Å². The first-order chi connectivity index (χ1) is 8.26. The monoisotopic (exact) mass is 240 g/mol. The molecular formula is C14H28N2O. The van der Waals surface area contributed by atoms with Crippen LogP contribution >= 0.6 is 0 Å². The van der Waals surface area contributed by atoms with Gasteiger partial charge in [-0.1, -0.05) is 20.3 Å². The van der Waals surface area contributed by atoms with Gasteiger partial charge < -0.3 is 10.1 Å². The Bertz CT molecular complexity index is 234.